The molecule has 0 bridgehead atoms. The van der Waals surface area contributed by atoms with Crippen LogP contribution in [0.1, 0.15) is 38.2 Å². The predicted molar refractivity (Wildman–Crippen MR) is 92.8 cm³/mol. The first-order valence-electron chi connectivity index (χ1n) is 8.36. The first kappa shape index (κ1) is 17.5. The van der Waals surface area contributed by atoms with Gasteiger partial charge in [-0.2, -0.15) is 0 Å². The Kier molecular flexibility index (Phi) is 6.66. The van der Waals surface area contributed by atoms with Crippen molar-refractivity contribution >= 4 is 11.9 Å². The standard InChI is InChI=1S/C19H27NO3/c1-4-5-6-7-16(13-20(2)3)17(21)10-8-15-9-11-18-19(12-15)23-14-22-18/h8-12,16H,4-7,13-14H2,1-3H3/b10-8+/t16-/m0/s1. The van der Waals surface area contributed by atoms with Gasteiger partial charge in [0.2, 0.25) is 6.79 Å². The number of fused-ring (bicyclic) bond motifs is 1. The van der Waals surface area contributed by atoms with E-state index in [0.717, 1.165) is 36.4 Å². The van der Waals surface area contributed by atoms with Crippen molar-refractivity contribution in [3.05, 3.63) is 29.8 Å². The van der Waals surface area contributed by atoms with Gasteiger partial charge in [-0.15, -0.1) is 0 Å². The molecule has 0 aliphatic carbocycles. The van der Waals surface area contributed by atoms with Crippen molar-refractivity contribution in [3.8, 4) is 11.5 Å². The third kappa shape index (κ3) is 5.39. The van der Waals surface area contributed by atoms with Crippen LogP contribution in [0.5, 0.6) is 11.5 Å². The van der Waals surface area contributed by atoms with Crippen molar-refractivity contribution in [2.75, 3.05) is 27.4 Å². The topological polar surface area (TPSA) is 38.8 Å². The zero-order valence-corrected chi connectivity index (χ0v) is 14.4. The maximum Gasteiger partial charge on any atom is 0.231 e. The van der Waals surface area contributed by atoms with Crippen LogP contribution in [0.25, 0.3) is 6.08 Å². The summed E-state index contributed by atoms with van der Waals surface area (Å²) in [7, 11) is 4.03. The number of carbonyl (C=O) groups excluding carboxylic acids is 1. The Labute approximate surface area is 139 Å². The van der Waals surface area contributed by atoms with Gasteiger partial charge in [0.1, 0.15) is 0 Å². The van der Waals surface area contributed by atoms with Gasteiger partial charge in [0, 0.05) is 12.5 Å². The molecule has 1 aliphatic rings. The van der Waals surface area contributed by atoms with E-state index in [0.29, 0.717) is 0 Å². The van der Waals surface area contributed by atoms with E-state index in [1.54, 1.807) is 6.08 Å². The minimum absolute atomic E-state index is 0.0711. The predicted octanol–water partition coefficient (Wildman–Crippen LogP) is 3.76. The summed E-state index contributed by atoms with van der Waals surface area (Å²) in [6, 6.07) is 5.73. The number of nitrogens with zero attached hydrogens (tertiary/aromatic N) is 1. The van der Waals surface area contributed by atoms with E-state index in [2.05, 4.69) is 11.8 Å². The van der Waals surface area contributed by atoms with E-state index in [9.17, 15) is 4.79 Å². The highest BCUT2D eigenvalue weighted by molar-refractivity contribution is 5.95. The lowest BCUT2D eigenvalue weighted by Gasteiger charge is -2.18. The van der Waals surface area contributed by atoms with Crippen molar-refractivity contribution in [2.24, 2.45) is 5.92 Å². The Balaban J connectivity index is 1.98. The number of rotatable bonds is 9. The summed E-state index contributed by atoms with van der Waals surface area (Å²) in [5.41, 5.74) is 0.958. The second-order valence-electron chi connectivity index (χ2n) is 6.30. The largest absolute Gasteiger partial charge is 0.454 e. The highest BCUT2D eigenvalue weighted by Gasteiger charge is 2.17. The van der Waals surface area contributed by atoms with Crippen LogP contribution in [0.15, 0.2) is 24.3 Å². The first-order valence-corrected chi connectivity index (χ1v) is 8.36. The van der Waals surface area contributed by atoms with Crippen molar-refractivity contribution < 1.29 is 14.3 Å². The van der Waals surface area contributed by atoms with Crippen LogP contribution in [0.4, 0.5) is 0 Å². The zero-order chi connectivity index (χ0) is 16.7. The van der Waals surface area contributed by atoms with Crippen LogP contribution in [0, 0.1) is 5.92 Å². The minimum Gasteiger partial charge on any atom is -0.454 e. The highest BCUT2D eigenvalue weighted by atomic mass is 16.7. The normalized spacial score (nSPS) is 14.6. The molecule has 0 unspecified atom stereocenters. The molecule has 23 heavy (non-hydrogen) atoms. The Hall–Kier alpha value is -1.81. The average molecular weight is 317 g/mol. The van der Waals surface area contributed by atoms with Gasteiger partial charge in [0.05, 0.1) is 0 Å². The molecule has 2 rings (SSSR count). The molecule has 1 aromatic rings. The van der Waals surface area contributed by atoms with E-state index in [4.69, 9.17) is 9.47 Å². The quantitative estimate of drug-likeness (QED) is 0.513. The monoisotopic (exact) mass is 317 g/mol. The molecule has 0 saturated carbocycles. The summed E-state index contributed by atoms with van der Waals surface area (Å²) >= 11 is 0. The summed E-state index contributed by atoms with van der Waals surface area (Å²) in [4.78, 5) is 14.6. The third-order valence-electron chi connectivity index (χ3n) is 3.98. The lowest BCUT2D eigenvalue weighted by molar-refractivity contribution is -0.118. The van der Waals surface area contributed by atoms with E-state index >= 15 is 0 Å². The number of hydrogen-bond acceptors (Lipinski definition) is 4. The number of allylic oxidation sites excluding steroid dienone is 1. The van der Waals surface area contributed by atoms with Gasteiger partial charge in [-0.3, -0.25) is 4.79 Å². The molecule has 0 N–H and O–H groups in total. The Morgan fingerprint density at radius 2 is 2.04 bits per heavy atom. The van der Waals surface area contributed by atoms with Crippen molar-refractivity contribution in [3.63, 3.8) is 0 Å². The maximum atomic E-state index is 12.5. The van der Waals surface area contributed by atoms with Crippen molar-refractivity contribution in [2.45, 2.75) is 32.6 Å². The van der Waals surface area contributed by atoms with Gasteiger partial charge in [0.15, 0.2) is 17.3 Å². The van der Waals surface area contributed by atoms with Gasteiger partial charge in [-0.05, 0) is 44.3 Å². The molecule has 0 radical (unpaired) electrons. The molecule has 126 valence electrons. The average Bonchev–Trinajstić information content (AvgIpc) is 2.99. The zero-order valence-electron chi connectivity index (χ0n) is 14.4. The fourth-order valence-electron chi connectivity index (χ4n) is 2.74. The molecule has 1 aliphatic heterocycles. The molecule has 0 amide bonds. The number of ketones is 1. The van der Waals surface area contributed by atoms with Gasteiger partial charge in [-0.1, -0.05) is 38.3 Å². The van der Waals surface area contributed by atoms with Crippen LogP contribution in [0.2, 0.25) is 0 Å². The molecule has 1 aromatic carbocycles. The molecule has 1 atom stereocenters. The SMILES string of the molecule is CCCCC[C@@H](CN(C)C)C(=O)/C=C/c1ccc2c(c1)OCO2. The fraction of sp³-hybridized carbons (Fsp3) is 0.526. The second kappa shape index (κ2) is 8.73. The molecule has 0 fully saturated rings. The van der Waals surface area contributed by atoms with Gasteiger partial charge < -0.3 is 14.4 Å². The Morgan fingerprint density at radius 1 is 1.26 bits per heavy atom. The van der Waals surface area contributed by atoms with Crippen molar-refractivity contribution in [1.29, 1.82) is 0 Å². The Morgan fingerprint density at radius 3 is 2.78 bits per heavy atom. The summed E-state index contributed by atoms with van der Waals surface area (Å²) in [5.74, 6) is 1.78. The number of hydrogen-bond donors (Lipinski definition) is 0. The first-order chi connectivity index (χ1) is 11.1. The van der Waals surface area contributed by atoms with Crippen LogP contribution in [-0.2, 0) is 4.79 Å². The van der Waals surface area contributed by atoms with Crippen LogP contribution >= 0.6 is 0 Å². The van der Waals surface area contributed by atoms with Gasteiger partial charge in [0.25, 0.3) is 0 Å². The highest BCUT2D eigenvalue weighted by Crippen LogP contribution is 2.32. The minimum atomic E-state index is 0.0711. The van der Waals surface area contributed by atoms with E-state index in [1.807, 2.05) is 38.4 Å². The van der Waals surface area contributed by atoms with E-state index < -0.39 is 0 Å². The summed E-state index contributed by atoms with van der Waals surface area (Å²) < 4.78 is 10.7. The molecule has 4 nitrogen and oxygen atoms in total. The maximum absolute atomic E-state index is 12.5. The number of unbranched alkanes of at least 4 members (excludes halogenated alkanes) is 2. The molecule has 4 heteroatoms. The molecular formula is C19H27NO3. The molecule has 1 heterocycles. The number of carbonyl (C=O) groups is 1. The fourth-order valence-corrected chi connectivity index (χ4v) is 2.74. The lowest BCUT2D eigenvalue weighted by atomic mass is 9.95. The summed E-state index contributed by atoms with van der Waals surface area (Å²) in [6.45, 7) is 3.25. The third-order valence-corrected chi connectivity index (χ3v) is 3.98. The van der Waals surface area contributed by atoms with Crippen LogP contribution < -0.4 is 9.47 Å². The molecule has 0 spiro atoms. The molecular weight excluding hydrogens is 290 g/mol. The second-order valence-corrected chi connectivity index (χ2v) is 6.30. The Bertz CT molecular complexity index is 552. The number of benzene rings is 1. The van der Waals surface area contributed by atoms with E-state index in [1.165, 1.54) is 12.8 Å². The lowest BCUT2D eigenvalue weighted by Crippen LogP contribution is -2.27. The smallest absolute Gasteiger partial charge is 0.231 e. The summed E-state index contributed by atoms with van der Waals surface area (Å²) in [6.07, 6.45) is 8.00. The molecule has 0 saturated heterocycles. The van der Waals surface area contributed by atoms with Gasteiger partial charge in [-0.25, -0.2) is 0 Å². The van der Waals surface area contributed by atoms with Crippen molar-refractivity contribution in [1.82, 2.24) is 4.90 Å². The molecule has 0 aromatic heterocycles. The van der Waals surface area contributed by atoms with E-state index in [-0.39, 0.29) is 18.5 Å². The van der Waals surface area contributed by atoms with Crippen LogP contribution in [0.3, 0.4) is 0 Å². The number of ether oxygens (including phenoxy) is 2. The summed E-state index contributed by atoms with van der Waals surface area (Å²) in [5, 5.41) is 0. The van der Waals surface area contributed by atoms with Crippen LogP contribution in [-0.4, -0.2) is 38.1 Å². The van der Waals surface area contributed by atoms with Gasteiger partial charge >= 0.3 is 0 Å².